The lowest BCUT2D eigenvalue weighted by atomic mass is 9.97. The maximum Gasteiger partial charge on any atom is 0.143 e. The fourth-order valence-corrected chi connectivity index (χ4v) is 3.79. The maximum atomic E-state index is 6.27. The molecule has 110 valence electrons. The van der Waals surface area contributed by atoms with Crippen LogP contribution < -0.4 is 0 Å². The molecule has 0 saturated heterocycles. The van der Waals surface area contributed by atoms with Crippen molar-refractivity contribution in [3.8, 4) is 0 Å². The van der Waals surface area contributed by atoms with Gasteiger partial charge < -0.3 is 4.42 Å². The van der Waals surface area contributed by atoms with Gasteiger partial charge in [0.2, 0.25) is 0 Å². The summed E-state index contributed by atoms with van der Waals surface area (Å²) in [7, 11) is 0. The Hall–Kier alpha value is -2.80. The fourth-order valence-electron chi connectivity index (χ4n) is 3.79. The largest absolute Gasteiger partial charge is 0.455 e. The highest BCUT2D eigenvalue weighted by atomic mass is 16.3. The van der Waals surface area contributed by atoms with E-state index < -0.39 is 0 Å². The highest BCUT2D eigenvalue weighted by Crippen LogP contribution is 2.39. The summed E-state index contributed by atoms with van der Waals surface area (Å²) < 4.78 is 6.27. The SMILES string of the molecule is Cc1cc2c(oc3ccc4c(C)cccc4c32)c2ccccc12. The predicted octanol–water partition coefficient (Wildman–Crippen LogP) is 6.51. The molecular weight excluding hydrogens is 280 g/mol. The number of fused-ring (bicyclic) bond motifs is 7. The van der Waals surface area contributed by atoms with Crippen LogP contribution in [0.5, 0.6) is 0 Å². The molecule has 1 heteroatoms. The van der Waals surface area contributed by atoms with Gasteiger partial charge in [0.25, 0.3) is 0 Å². The standard InChI is InChI=1S/C22H16O/c1-13-6-5-9-17-16(13)10-11-20-21(17)19-12-14(2)15-7-3-4-8-18(15)22(19)23-20/h3-12H,1-2H3. The minimum Gasteiger partial charge on any atom is -0.455 e. The molecule has 4 aromatic carbocycles. The summed E-state index contributed by atoms with van der Waals surface area (Å²) in [5.74, 6) is 0. The molecule has 0 saturated carbocycles. The number of benzene rings is 4. The second-order valence-electron chi connectivity index (χ2n) is 6.33. The second-order valence-corrected chi connectivity index (χ2v) is 6.33. The van der Waals surface area contributed by atoms with Gasteiger partial charge >= 0.3 is 0 Å². The van der Waals surface area contributed by atoms with Crippen molar-refractivity contribution in [1.29, 1.82) is 0 Å². The number of hydrogen-bond acceptors (Lipinski definition) is 1. The number of rotatable bonds is 0. The average Bonchev–Trinajstić information content (AvgIpc) is 2.95. The Labute approximate surface area is 134 Å². The molecule has 0 unspecified atom stereocenters. The molecule has 0 aliphatic heterocycles. The van der Waals surface area contributed by atoms with Crippen LogP contribution in [0.2, 0.25) is 0 Å². The van der Waals surface area contributed by atoms with Crippen molar-refractivity contribution in [2.75, 3.05) is 0 Å². The number of aryl methyl sites for hydroxylation is 2. The van der Waals surface area contributed by atoms with E-state index in [1.54, 1.807) is 0 Å². The molecule has 0 bridgehead atoms. The molecule has 1 aromatic heterocycles. The molecule has 0 atom stereocenters. The smallest absolute Gasteiger partial charge is 0.143 e. The van der Waals surface area contributed by atoms with Crippen LogP contribution in [0.1, 0.15) is 11.1 Å². The molecule has 1 nitrogen and oxygen atoms in total. The van der Waals surface area contributed by atoms with E-state index in [1.165, 1.54) is 43.4 Å². The van der Waals surface area contributed by atoms with Gasteiger partial charge in [0.1, 0.15) is 11.2 Å². The predicted molar refractivity (Wildman–Crippen MR) is 98.2 cm³/mol. The van der Waals surface area contributed by atoms with Crippen LogP contribution in [-0.4, -0.2) is 0 Å². The van der Waals surface area contributed by atoms with Crippen LogP contribution in [-0.2, 0) is 0 Å². The summed E-state index contributed by atoms with van der Waals surface area (Å²) in [6.45, 7) is 4.34. The van der Waals surface area contributed by atoms with E-state index in [0.29, 0.717) is 0 Å². The molecule has 0 aliphatic rings. The van der Waals surface area contributed by atoms with Crippen molar-refractivity contribution in [3.05, 3.63) is 71.8 Å². The Kier molecular flexibility index (Phi) is 2.41. The van der Waals surface area contributed by atoms with Gasteiger partial charge in [-0.25, -0.2) is 0 Å². The lowest BCUT2D eigenvalue weighted by Crippen LogP contribution is -1.81. The summed E-state index contributed by atoms with van der Waals surface area (Å²) >= 11 is 0. The summed E-state index contributed by atoms with van der Waals surface area (Å²) in [4.78, 5) is 0. The second kappa shape index (κ2) is 4.36. The Morgan fingerprint density at radius 1 is 0.609 bits per heavy atom. The molecular formula is C22H16O. The minimum absolute atomic E-state index is 0.967. The van der Waals surface area contributed by atoms with E-state index in [1.807, 2.05) is 0 Å². The van der Waals surface area contributed by atoms with Gasteiger partial charge in [-0.05, 0) is 53.3 Å². The summed E-state index contributed by atoms with van der Waals surface area (Å²) in [6, 6.07) is 21.5. The van der Waals surface area contributed by atoms with E-state index in [-0.39, 0.29) is 0 Å². The van der Waals surface area contributed by atoms with Crippen LogP contribution in [0.3, 0.4) is 0 Å². The van der Waals surface area contributed by atoms with Crippen LogP contribution >= 0.6 is 0 Å². The van der Waals surface area contributed by atoms with Crippen LogP contribution in [0.15, 0.2) is 65.1 Å². The summed E-state index contributed by atoms with van der Waals surface area (Å²) in [6.07, 6.45) is 0. The molecule has 23 heavy (non-hydrogen) atoms. The molecule has 0 fully saturated rings. The highest BCUT2D eigenvalue weighted by Gasteiger charge is 2.14. The Balaban J connectivity index is 2.12. The van der Waals surface area contributed by atoms with E-state index in [9.17, 15) is 0 Å². The van der Waals surface area contributed by atoms with Crippen molar-refractivity contribution in [1.82, 2.24) is 0 Å². The zero-order valence-electron chi connectivity index (χ0n) is 13.2. The van der Waals surface area contributed by atoms with E-state index in [4.69, 9.17) is 4.42 Å². The first-order chi connectivity index (χ1) is 11.2. The van der Waals surface area contributed by atoms with Crippen molar-refractivity contribution in [3.63, 3.8) is 0 Å². The molecule has 5 aromatic rings. The van der Waals surface area contributed by atoms with E-state index in [0.717, 1.165) is 11.2 Å². The Morgan fingerprint density at radius 2 is 1.35 bits per heavy atom. The van der Waals surface area contributed by atoms with Gasteiger partial charge in [-0.3, -0.25) is 0 Å². The van der Waals surface area contributed by atoms with Gasteiger partial charge in [0, 0.05) is 16.2 Å². The first kappa shape index (κ1) is 12.7. The van der Waals surface area contributed by atoms with Gasteiger partial charge in [-0.2, -0.15) is 0 Å². The average molecular weight is 296 g/mol. The van der Waals surface area contributed by atoms with E-state index in [2.05, 4.69) is 74.5 Å². The van der Waals surface area contributed by atoms with Gasteiger partial charge in [0.05, 0.1) is 0 Å². The van der Waals surface area contributed by atoms with Crippen molar-refractivity contribution in [2.45, 2.75) is 13.8 Å². The molecule has 0 amide bonds. The third-order valence-electron chi connectivity index (χ3n) is 4.92. The molecule has 0 N–H and O–H groups in total. The third-order valence-corrected chi connectivity index (χ3v) is 4.92. The lowest BCUT2D eigenvalue weighted by molar-refractivity contribution is 0.673. The minimum atomic E-state index is 0.967. The Bertz CT molecular complexity index is 1220. The van der Waals surface area contributed by atoms with Crippen molar-refractivity contribution in [2.24, 2.45) is 0 Å². The summed E-state index contributed by atoms with van der Waals surface area (Å²) in [5.41, 5.74) is 4.56. The van der Waals surface area contributed by atoms with Gasteiger partial charge in [-0.15, -0.1) is 0 Å². The maximum absolute atomic E-state index is 6.27. The van der Waals surface area contributed by atoms with Crippen LogP contribution in [0.25, 0.3) is 43.5 Å². The third kappa shape index (κ3) is 1.62. The molecule has 1 heterocycles. The topological polar surface area (TPSA) is 13.1 Å². The first-order valence-corrected chi connectivity index (χ1v) is 7.97. The fraction of sp³-hybridized carbons (Fsp3) is 0.0909. The number of furan rings is 1. The normalized spacial score (nSPS) is 11.9. The summed E-state index contributed by atoms with van der Waals surface area (Å²) in [5, 5.41) is 7.48. The number of hydrogen-bond donors (Lipinski definition) is 0. The van der Waals surface area contributed by atoms with Gasteiger partial charge in [0.15, 0.2) is 0 Å². The van der Waals surface area contributed by atoms with E-state index >= 15 is 0 Å². The monoisotopic (exact) mass is 296 g/mol. The van der Waals surface area contributed by atoms with Crippen molar-refractivity contribution < 1.29 is 4.42 Å². The van der Waals surface area contributed by atoms with Crippen LogP contribution in [0, 0.1) is 13.8 Å². The zero-order valence-corrected chi connectivity index (χ0v) is 13.2. The molecule has 5 rings (SSSR count). The first-order valence-electron chi connectivity index (χ1n) is 7.97. The highest BCUT2D eigenvalue weighted by molar-refractivity contribution is 6.23. The molecule has 0 spiro atoms. The quantitative estimate of drug-likeness (QED) is 0.317. The lowest BCUT2D eigenvalue weighted by Gasteiger charge is -2.04. The molecule has 0 aliphatic carbocycles. The Morgan fingerprint density at radius 3 is 2.22 bits per heavy atom. The zero-order chi connectivity index (χ0) is 15.6. The molecule has 0 radical (unpaired) electrons. The van der Waals surface area contributed by atoms with Crippen LogP contribution in [0.4, 0.5) is 0 Å². The van der Waals surface area contributed by atoms with Crippen molar-refractivity contribution >= 4 is 43.5 Å². The van der Waals surface area contributed by atoms with Gasteiger partial charge in [-0.1, -0.05) is 48.5 Å².